The van der Waals surface area contributed by atoms with Gasteiger partial charge in [0, 0.05) is 25.7 Å². The van der Waals surface area contributed by atoms with Gasteiger partial charge in [-0.15, -0.1) is 0 Å². The highest BCUT2D eigenvalue weighted by atomic mass is 31.2. The fourth-order valence-electron chi connectivity index (χ4n) is 11.8. The van der Waals surface area contributed by atoms with Gasteiger partial charge < -0.3 is 33.8 Å². The minimum atomic E-state index is -4.96. The first-order valence-corrected chi connectivity index (χ1v) is 43.3. The van der Waals surface area contributed by atoms with Gasteiger partial charge in [0.05, 0.1) is 26.4 Å². The van der Waals surface area contributed by atoms with Crippen molar-refractivity contribution in [3.8, 4) is 0 Å². The van der Waals surface area contributed by atoms with E-state index in [2.05, 4.69) is 55.4 Å². The lowest BCUT2D eigenvalue weighted by Crippen LogP contribution is -2.30. The smallest absolute Gasteiger partial charge is 0.462 e. The molecule has 4 unspecified atom stereocenters. The molecule has 0 spiro atoms. The van der Waals surface area contributed by atoms with Crippen molar-refractivity contribution < 1.29 is 80.2 Å². The largest absolute Gasteiger partial charge is 0.472 e. The third-order valence-corrected chi connectivity index (χ3v) is 20.7. The van der Waals surface area contributed by atoms with Gasteiger partial charge in [0.25, 0.3) is 0 Å². The molecule has 3 N–H and O–H groups in total. The summed E-state index contributed by atoms with van der Waals surface area (Å²) in [7, 11) is -9.92. The van der Waals surface area contributed by atoms with Gasteiger partial charge in [0.15, 0.2) is 12.2 Å². The molecular formula is C78H152O17P2. The van der Waals surface area contributed by atoms with Crippen molar-refractivity contribution in [1.82, 2.24) is 0 Å². The first kappa shape index (κ1) is 95.1. The summed E-state index contributed by atoms with van der Waals surface area (Å²) in [5.41, 5.74) is 0. The number of aliphatic hydroxyl groups is 1. The van der Waals surface area contributed by atoms with Crippen LogP contribution in [0.25, 0.3) is 0 Å². The Kier molecular flexibility index (Phi) is 65.9. The summed E-state index contributed by atoms with van der Waals surface area (Å²) in [6, 6.07) is 0. The van der Waals surface area contributed by atoms with Crippen LogP contribution in [-0.4, -0.2) is 96.7 Å². The Morgan fingerprint density at radius 1 is 0.289 bits per heavy atom. The fraction of sp³-hybridized carbons (Fsp3) is 0.949. The van der Waals surface area contributed by atoms with Crippen molar-refractivity contribution in [2.45, 2.75) is 414 Å². The fourth-order valence-corrected chi connectivity index (χ4v) is 13.4. The summed E-state index contributed by atoms with van der Waals surface area (Å²) < 4.78 is 68.6. The Morgan fingerprint density at radius 2 is 0.495 bits per heavy atom. The Morgan fingerprint density at radius 3 is 0.732 bits per heavy atom. The van der Waals surface area contributed by atoms with E-state index in [1.54, 1.807) is 0 Å². The number of phosphoric acid groups is 2. The van der Waals surface area contributed by atoms with E-state index < -0.39 is 97.5 Å². The van der Waals surface area contributed by atoms with Crippen molar-refractivity contribution in [3.63, 3.8) is 0 Å². The van der Waals surface area contributed by atoms with Crippen LogP contribution in [0.15, 0.2) is 0 Å². The quantitative estimate of drug-likeness (QED) is 0.0222. The summed E-state index contributed by atoms with van der Waals surface area (Å²) in [5, 5.41) is 10.6. The SMILES string of the molecule is CCC(C)CCCCCCCCCCCCCCCCC(=O)O[C@H](COC(=O)CCCCCCCCC(C)CC)COP(=O)(O)OC[C@H](O)COP(=O)(O)OC[C@@H](COC(=O)CCCCCCCCCCCCCC(C)C)OC(=O)CCCCCCCCCCCCCCC(C)C. The van der Waals surface area contributed by atoms with E-state index >= 15 is 0 Å². The Bertz CT molecular complexity index is 1910. The number of ether oxygens (including phenoxy) is 4. The summed E-state index contributed by atoms with van der Waals surface area (Å²) in [4.78, 5) is 72.9. The molecule has 0 saturated carbocycles. The molecule has 19 heteroatoms. The number of hydrogen-bond donors (Lipinski definition) is 3. The summed E-state index contributed by atoms with van der Waals surface area (Å²) in [6.45, 7) is 14.2. The highest BCUT2D eigenvalue weighted by molar-refractivity contribution is 7.47. The molecular weight excluding hydrogens is 1270 g/mol. The van der Waals surface area contributed by atoms with Crippen molar-refractivity contribution >= 4 is 39.5 Å². The summed E-state index contributed by atoms with van der Waals surface area (Å²) in [6.07, 6.45) is 52.6. The van der Waals surface area contributed by atoms with Gasteiger partial charge in [-0.05, 0) is 49.4 Å². The predicted molar refractivity (Wildman–Crippen MR) is 395 cm³/mol. The zero-order chi connectivity index (χ0) is 71.7. The van der Waals surface area contributed by atoms with Gasteiger partial charge in [0.2, 0.25) is 0 Å². The standard InChI is InChI=1S/C78H152O17P2/c1-9-70(7)56-48-40-32-26-20-13-11-12-14-21-28-34-44-52-60-78(83)95-74(65-89-76(81)59-51-43-37-36-41-49-57-71(8)10-2)67-93-97(86,87)91-63-72(79)62-90-96(84,85)92-66-73(64-88-75(80)58-50-42-33-27-23-17-19-25-31-39-47-55-69(5)6)94-77(82)61-53-45-35-29-22-16-15-18-24-30-38-46-54-68(3)4/h68-74,79H,9-67H2,1-8H3,(H,84,85)(H,86,87)/t70?,71?,72-,73-,74-/m1/s1. The molecule has 576 valence electrons. The van der Waals surface area contributed by atoms with Crippen LogP contribution in [0.5, 0.6) is 0 Å². The zero-order valence-corrected chi connectivity index (χ0v) is 65.5. The Balaban J connectivity index is 5.25. The van der Waals surface area contributed by atoms with Crippen molar-refractivity contribution in [2.75, 3.05) is 39.6 Å². The average molecular weight is 1420 g/mol. The molecule has 0 aromatic carbocycles. The van der Waals surface area contributed by atoms with E-state index in [1.165, 1.54) is 193 Å². The van der Waals surface area contributed by atoms with E-state index in [1.807, 2.05) is 0 Å². The summed E-state index contributed by atoms with van der Waals surface area (Å²) >= 11 is 0. The third kappa shape index (κ3) is 69.5. The molecule has 0 heterocycles. The maximum Gasteiger partial charge on any atom is 0.472 e. The molecule has 0 amide bonds. The van der Waals surface area contributed by atoms with Crippen LogP contribution >= 0.6 is 15.6 Å². The number of esters is 4. The minimum Gasteiger partial charge on any atom is -0.462 e. The molecule has 7 atom stereocenters. The van der Waals surface area contributed by atoms with Gasteiger partial charge in [-0.25, -0.2) is 9.13 Å². The topological polar surface area (TPSA) is 237 Å². The number of rotatable bonds is 75. The van der Waals surface area contributed by atoms with Crippen LogP contribution in [0.1, 0.15) is 396 Å². The summed E-state index contributed by atoms with van der Waals surface area (Å²) in [5.74, 6) is 1.01. The first-order chi connectivity index (χ1) is 46.7. The van der Waals surface area contributed by atoms with Gasteiger partial charge in [-0.2, -0.15) is 0 Å². The number of unbranched alkanes of at least 4 members (excludes halogenated alkanes) is 39. The lowest BCUT2D eigenvalue weighted by Gasteiger charge is -2.21. The van der Waals surface area contributed by atoms with Crippen LogP contribution in [0.3, 0.4) is 0 Å². The highest BCUT2D eigenvalue weighted by Gasteiger charge is 2.30. The zero-order valence-electron chi connectivity index (χ0n) is 63.7. The molecule has 0 aliphatic carbocycles. The second-order valence-electron chi connectivity index (χ2n) is 29.5. The van der Waals surface area contributed by atoms with Crippen LogP contribution in [0.4, 0.5) is 0 Å². The van der Waals surface area contributed by atoms with Gasteiger partial charge in [-0.1, -0.05) is 344 Å². The van der Waals surface area contributed by atoms with Crippen molar-refractivity contribution in [1.29, 1.82) is 0 Å². The molecule has 97 heavy (non-hydrogen) atoms. The Hall–Kier alpha value is -1.94. The molecule has 0 rings (SSSR count). The van der Waals surface area contributed by atoms with Crippen LogP contribution in [-0.2, 0) is 65.4 Å². The molecule has 0 bridgehead atoms. The maximum atomic E-state index is 13.1. The monoisotopic (exact) mass is 1420 g/mol. The Labute approximate surface area is 594 Å². The van der Waals surface area contributed by atoms with E-state index in [9.17, 15) is 43.2 Å². The van der Waals surface area contributed by atoms with E-state index in [4.69, 9.17) is 37.0 Å². The molecule has 17 nitrogen and oxygen atoms in total. The van der Waals surface area contributed by atoms with Crippen molar-refractivity contribution in [3.05, 3.63) is 0 Å². The van der Waals surface area contributed by atoms with Crippen LogP contribution < -0.4 is 0 Å². The van der Waals surface area contributed by atoms with Crippen molar-refractivity contribution in [2.24, 2.45) is 23.7 Å². The molecule has 0 aromatic heterocycles. The second kappa shape index (κ2) is 67.2. The minimum absolute atomic E-state index is 0.106. The molecule has 0 aliphatic heterocycles. The van der Waals surface area contributed by atoms with E-state index in [-0.39, 0.29) is 25.7 Å². The second-order valence-corrected chi connectivity index (χ2v) is 32.4. The molecule has 0 aliphatic rings. The number of hydrogen-bond acceptors (Lipinski definition) is 15. The van der Waals surface area contributed by atoms with Crippen LogP contribution in [0.2, 0.25) is 0 Å². The molecule has 0 radical (unpaired) electrons. The van der Waals surface area contributed by atoms with E-state index in [0.29, 0.717) is 25.7 Å². The van der Waals surface area contributed by atoms with E-state index in [0.717, 1.165) is 120 Å². The lowest BCUT2D eigenvalue weighted by atomic mass is 9.99. The normalized spacial score (nSPS) is 14.6. The number of carbonyl (C=O) groups is 4. The lowest BCUT2D eigenvalue weighted by molar-refractivity contribution is -0.161. The molecule has 0 fully saturated rings. The van der Waals surface area contributed by atoms with Gasteiger partial charge >= 0.3 is 39.5 Å². The molecule has 0 saturated heterocycles. The number of aliphatic hydroxyl groups excluding tert-OH is 1. The highest BCUT2D eigenvalue weighted by Crippen LogP contribution is 2.45. The maximum absolute atomic E-state index is 13.1. The first-order valence-electron chi connectivity index (χ1n) is 40.3. The number of carbonyl (C=O) groups excluding carboxylic acids is 4. The third-order valence-electron chi connectivity index (χ3n) is 18.8. The average Bonchev–Trinajstić information content (AvgIpc) is 1.45. The van der Waals surface area contributed by atoms with Gasteiger partial charge in [-0.3, -0.25) is 37.3 Å². The van der Waals surface area contributed by atoms with Crippen LogP contribution in [0, 0.1) is 23.7 Å². The molecule has 0 aromatic rings. The predicted octanol–water partition coefficient (Wildman–Crippen LogP) is 22.8. The van der Waals surface area contributed by atoms with Gasteiger partial charge in [0.1, 0.15) is 19.3 Å². The number of phosphoric ester groups is 2.